The molecule has 0 aliphatic rings. The van der Waals surface area contributed by atoms with Crippen molar-refractivity contribution in [2.24, 2.45) is 0 Å². The van der Waals surface area contributed by atoms with Gasteiger partial charge in [0.05, 0.1) is 11.1 Å². The monoisotopic (exact) mass is 427 g/mol. The molecule has 0 heterocycles. The van der Waals surface area contributed by atoms with Gasteiger partial charge in [0.15, 0.2) is 0 Å². The summed E-state index contributed by atoms with van der Waals surface area (Å²) in [4.78, 5) is 24.5. The molecule has 3 aromatic rings. The van der Waals surface area contributed by atoms with Crippen LogP contribution >= 0.6 is 0 Å². The first-order valence-electron chi connectivity index (χ1n) is 9.40. The lowest BCUT2D eigenvalue weighted by Gasteiger charge is -2.14. The molecule has 160 valence electrons. The van der Waals surface area contributed by atoms with Crippen LogP contribution in [0.25, 0.3) is 0 Å². The summed E-state index contributed by atoms with van der Waals surface area (Å²) in [7, 11) is 1.55. The van der Waals surface area contributed by atoms with Crippen molar-refractivity contribution in [1.82, 2.24) is 5.32 Å². The maximum Gasteiger partial charge on any atom is 0.416 e. The molecule has 0 aliphatic carbocycles. The van der Waals surface area contributed by atoms with Gasteiger partial charge in [-0.2, -0.15) is 13.2 Å². The molecule has 2 amide bonds. The lowest BCUT2D eigenvalue weighted by Crippen LogP contribution is -2.18. The van der Waals surface area contributed by atoms with Crippen LogP contribution in [0.2, 0.25) is 0 Å². The standard InChI is InChI=1S/C23H20F3N3O2/c1-27-21(30)16-7-4-6-15(12-16)14-28-20-11-3-2-10-19(20)22(31)29-18-9-5-8-17(13-18)23(24,25)26/h2-13,28H,14H2,1H3,(H,27,30)(H,29,31). The Balaban J connectivity index is 1.75. The Morgan fingerprint density at radius 2 is 1.61 bits per heavy atom. The Labute approximate surface area is 177 Å². The Kier molecular flexibility index (Phi) is 6.59. The summed E-state index contributed by atoms with van der Waals surface area (Å²) in [5.41, 5.74) is 1.34. The van der Waals surface area contributed by atoms with Crippen molar-refractivity contribution >= 4 is 23.2 Å². The minimum absolute atomic E-state index is 0.0490. The van der Waals surface area contributed by atoms with Crippen LogP contribution in [0.1, 0.15) is 31.8 Å². The van der Waals surface area contributed by atoms with Gasteiger partial charge in [0.25, 0.3) is 11.8 Å². The normalized spacial score (nSPS) is 11.0. The second kappa shape index (κ2) is 9.34. The summed E-state index contributed by atoms with van der Waals surface area (Å²) in [5.74, 6) is -0.746. The fourth-order valence-corrected chi connectivity index (χ4v) is 2.97. The summed E-state index contributed by atoms with van der Waals surface area (Å²) >= 11 is 0. The number of para-hydroxylation sites is 1. The summed E-state index contributed by atoms with van der Waals surface area (Å²) in [6, 6.07) is 18.2. The van der Waals surface area contributed by atoms with E-state index in [2.05, 4.69) is 16.0 Å². The highest BCUT2D eigenvalue weighted by Crippen LogP contribution is 2.31. The second-order valence-electron chi connectivity index (χ2n) is 6.71. The fraction of sp³-hybridized carbons (Fsp3) is 0.130. The van der Waals surface area contributed by atoms with Gasteiger partial charge in [-0.3, -0.25) is 9.59 Å². The minimum Gasteiger partial charge on any atom is -0.380 e. The van der Waals surface area contributed by atoms with E-state index in [9.17, 15) is 22.8 Å². The third kappa shape index (κ3) is 5.63. The van der Waals surface area contributed by atoms with Crippen molar-refractivity contribution in [3.63, 3.8) is 0 Å². The molecule has 0 aliphatic heterocycles. The number of hydrogen-bond acceptors (Lipinski definition) is 3. The number of carbonyl (C=O) groups is 2. The first kappa shape index (κ1) is 21.9. The zero-order valence-corrected chi connectivity index (χ0v) is 16.6. The van der Waals surface area contributed by atoms with Crippen molar-refractivity contribution < 1.29 is 22.8 Å². The van der Waals surface area contributed by atoms with E-state index in [4.69, 9.17) is 0 Å². The third-order valence-corrected chi connectivity index (χ3v) is 4.52. The molecule has 0 saturated carbocycles. The molecule has 0 spiro atoms. The summed E-state index contributed by atoms with van der Waals surface area (Å²) < 4.78 is 38.7. The highest BCUT2D eigenvalue weighted by Gasteiger charge is 2.30. The van der Waals surface area contributed by atoms with Crippen LogP contribution in [-0.2, 0) is 12.7 Å². The van der Waals surface area contributed by atoms with Gasteiger partial charge in [-0.25, -0.2) is 0 Å². The highest BCUT2D eigenvalue weighted by molar-refractivity contribution is 6.08. The predicted molar refractivity (Wildman–Crippen MR) is 113 cm³/mol. The Bertz CT molecular complexity index is 1100. The summed E-state index contributed by atoms with van der Waals surface area (Å²) in [6.07, 6.45) is -4.50. The van der Waals surface area contributed by atoms with Gasteiger partial charge in [-0.1, -0.05) is 30.3 Å². The van der Waals surface area contributed by atoms with E-state index in [1.807, 2.05) is 6.07 Å². The zero-order valence-electron chi connectivity index (χ0n) is 16.6. The molecule has 0 saturated heterocycles. The van der Waals surface area contributed by atoms with Crippen LogP contribution in [0.5, 0.6) is 0 Å². The number of rotatable bonds is 6. The molecule has 3 N–H and O–H groups in total. The molecule has 3 rings (SSSR count). The van der Waals surface area contributed by atoms with E-state index in [0.717, 1.165) is 17.7 Å². The fourth-order valence-electron chi connectivity index (χ4n) is 2.97. The molecule has 0 atom stereocenters. The minimum atomic E-state index is -4.50. The van der Waals surface area contributed by atoms with E-state index in [1.54, 1.807) is 49.5 Å². The van der Waals surface area contributed by atoms with Crippen LogP contribution in [0.3, 0.4) is 0 Å². The molecule has 0 fully saturated rings. The van der Waals surface area contributed by atoms with Crippen molar-refractivity contribution in [3.05, 3.63) is 95.1 Å². The first-order chi connectivity index (χ1) is 14.8. The number of hydrogen-bond donors (Lipinski definition) is 3. The molecule has 0 aromatic heterocycles. The van der Waals surface area contributed by atoms with E-state index < -0.39 is 17.6 Å². The van der Waals surface area contributed by atoms with E-state index >= 15 is 0 Å². The second-order valence-corrected chi connectivity index (χ2v) is 6.71. The van der Waals surface area contributed by atoms with E-state index in [0.29, 0.717) is 17.8 Å². The van der Waals surface area contributed by atoms with Gasteiger partial charge in [-0.05, 0) is 48.0 Å². The van der Waals surface area contributed by atoms with Crippen molar-refractivity contribution in [3.8, 4) is 0 Å². The smallest absolute Gasteiger partial charge is 0.380 e. The molecule has 31 heavy (non-hydrogen) atoms. The first-order valence-corrected chi connectivity index (χ1v) is 9.40. The van der Waals surface area contributed by atoms with Gasteiger partial charge < -0.3 is 16.0 Å². The Hall–Kier alpha value is -3.81. The number of alkyl halides is 3. The Morgan fingerprint density at radius 1 is 0.871 bits per heavy atom. The van der Waals surface area contributed by atoms with Gasteiger partial charge in [0.1, 0.15) is 0 Å². The topological polar surface area (TPSA) is 70.2 Å². The van der Waals surface area contributed by atoms with Crippen LogP contribution < -0.4 is 16.0 Å². The van der Waals surface area contributed by atoms with Crippen molar-refractivity contribution in [2.75, 3.05) is 17.7 Å². The number of nitrogens with one attached hydrogen (secondary N) is 3. The quantitative estimate of drug-likeness (QED) is 0.523. The third-order valence-electron chi connectivity index (χ3n) is 4.52. The maximum atomic E-state index is 12.9. The number of amides is 2. The van der Waals surface area contributed by atoms with Gasteiger partial charge in [-0.15, -0.1) is 0 Å². The average Bonchev–Trinajstić information content (AvgIpc) is 2.77. The average molecular weight is 427 g/mol. The molecule has 3 aromatic carbocycles. The number of carbonyl (C=O) groups excluding carboxylic acids is 2. The molecule has 0 radical (unpaired) electrons. The summed E-state index contributed by atoms with van der Waals surface area (Å²) in [6.45, 7) is 0.346. The van der Waals surface area contributed by atoms with Crippen LogP contribution in [0.4, 0.5) is 24.5 Å². The van der Waals surface area contributed by atoms with Crippen LogP contribution in [0, 0.1) is 0 Å². The van der Waals surface area contributed by atoms with Crippen LogP contribution in [-0.4, -0.2) is 18.9 Å². The zero-order chi connectivity index (χ0) is 22.4. The molecular weight excluding hydrogens is 407 g/mol. The SMILES string of the molecule is CNC(=O)c1cccc(CNc2ccccc2C(=O)Nc2cccc(C(F)(F)F)c2)c1. The lowest BCUT2D eigenvalue weighted by molar-refractivity contribution is -0.137. The molecular formula is C23H20F3N3O2. The van der Waals surface area contributed by atoms with Gasteiger partial charge >= 0.3 is 6.18 Å². The van der Waals surface area contributed by atoms with E-state index in [-0.39, 0.29) is 17.2 Å². The van der Waals surface area contributed by atoms with E-state index in [1.165, 1.54) is 12.1 Å². The maximum absolute atomic E-state index is 12.9. The van der Waals surface area contributed by atoms with Crippen molar-refractivity contribution in [2.45, 2.75) is 12.7 Å². The Morgan fingerprint density at radius 3 is 2.35 bits per heavy atom. The number of halogens is 3. The van der Waals surface area contributed by atoms with Gasteiger partial charge in [0, 0.05) is 30.5 Å². The largest absolute Gasteiger partial charge is 0.416 e. The van der Waals surface area contributed by atoms with Gasteiger partial charge in [0.2, 0.25) is 0 Å². The lowest BCUT2D eigenvalue weighted by atomic mass is 10.1. The number of anilines is 2. The predicted octanol–water partition coefficient (Wildman–Crippen LogP) is 4.93. The summed E-state index contributed by atoms with van der Waals surface area (Å²) in [5, 5.41) is 8.21. The van der Waals surface area contributed by atoms with Crippen molar-refractivity contribution in [1.29, 1.82) is 0 Å². The molecule has 8 heteroatoms. The van der Waals surface area contributed by atoms with Crippen LogP contribution in [0.15, 0.2) is 72.8 Å². The molecule has 5 nitrogen and oxygen atoms in total. The molecule has 0 unspecified atom stereocenters. The molecule has 0 bridgehead atoms. The highest BCUT2D eigenvalue weighted by atomic mass is 19.4. The number of benzene rings is 3.